The summed E-state index contributed by atoms with van der Waals surface area (Å²) in [4.78, 5) is 2.70. The highest BCUT2D eigenvalue weighted by atomic mass is 15.3. The molecule has 0 amide bonds. The lowest BCUT2D eigenvalue weighted by Gasteiger charge is -2.53. The van der Waals surface area contributed by atoms with Gasteiger partial charge in [0.25, 0.3) is 0 Å². The first kappa shape index (κ1) is 11.7. The smallest absolute Gasteiger partial charge is 0.0338 e. The minimum atomic E-state index is 0.359. The van der Waals surface area contributed by atoms with E-state index in [9.17, 15) is 0 Å². The van der Waals surface area contributed by atoms with Crippen molar-refractivity contribution in [2.75, 3.05) is 19.6 Å². The van der Waals surface area contributed by atoms with Gasteiger partial charge in [-0.3, -0.25) is 4.90 Å². The van der Waals surface area contributed by atoms with Gasteiger partial charge in [0.05, 0.1) is 0 Å². The van der Waals surface area contributed by atoms with E-state index in [4.69, 9.17) is 0 Å². The van der Waals surface area contributed by atoms with Gasteiger partial charge in [-0.2, -0.15) is 0 Å². The Balaban J connectivity index is 1.77. The minimum absolute atomic E-state index is 0.359. The molecule has 96 valence electrons. The molecule has 2 atom stereocenters. The van der Waals surface area contributed by atoms with E-state index in [2.05, 4.69) is 36.7 Å². The van der Waals surface area contributed by atoms with Crippen LogP contribution in [0.2, 0.25) is 0 Å². The van der Waals surface area contributed by atoms with E-state index < -0.39 is 0 Å². The second kappa shape index (κ2) is 3.83. The molecular formula is C15H26N2. The number of hydrogen-bond donors (Lipinski definition) is 1. The molecular weight excluding hydrogens is 208 g/mol. The van der Waals surface area contributed by atoms with Gasteiger partial charge >= 0.3 is 0 Å². The fourth-order valence-electron chi connectivity index (χ4n) is 3.66. The topological polar surface area (TPSA) is 15.3 Å². The summed E-state index contributed by atoms with van der Waals surface area (Å²) >= 11 is 0. The molecule has 0 aromatic carbocycles. The Morgan fingerprint density at radius 1 is 1.24 bits per heavy atom. The zero-order valence-electron chi connectivity index (χ0n) is 11.3. The largest absolute Gasteiger partial charge is 0.308 e. The van der Waals surface area contributed by atoms with Gasteiger partial charge in [-0.05, 0) is 51.4 Å². The Morgan fingerprint density at radius 3 is 2.41 bits per heavy atom. The molecule has 2 saturated carbocycles. The fourth-order valence-corrected chi connectivity index (χ4v) is 3.66. The highest BCUT2D eigenvalue weighted by molar-refractivity contribution is 5.12. The molecule has 0 radical (unpaired) electrons. The molecule has 0 spiro atoms. The molecule has 2 unspecified atom stereocenters. The lowest BCUT2D eigenvalue weighted by atomic mass is 9.83. The molecule has 17 heavy (non-hydrogen) atoms. The van der Waals surface area contributed by atoms with Crippen LogP contribution >= 0.6 is 0 Å². The molecule has 0 aromatic rings. The van der Waals surface area contributed by atoms with Crippen LogP contribution in [0.15, 0.2) is 12.7 Å². The monoisotopic (exact) mass is 234 g/mol. The van der Waals surface area contributed by atoms with Gasteiger partial charge < -0.3 is 5.32 Å². The Bertz CT molecular complexity index is 319. The molecule has 3 aliphatic rings. The van der Waals surface area contributed by atoms with Crippen LogP contribution in [0.3, 0.4) is 0 Å². The number of piperazine rings is 1. The Labute approximate surface area is 105 Å². The zero-order valence-corrected chi connectivity index (χ0v) is 11.3. The van der Waals surface area contributed by atoms with Crippen LogP contribution < -0.4 is 5.32 Å². The van der Waals surface area contributed by atoms with E-state index in [-0.39, 0.29) is 0 Å². The van der Waals surface area contributed by atoms with Crippen LogP contribution in [0, 0.1) is 11.8 Å². The molecule has 2 nitrogen and oxygen atoms in total. The lowest BCUT2D eigenvalue weighted by molar-refractivity contribution is 0.00831. The van der Waals surface area contributed by atoms with Gasteiger partial charge in [-0.25, -0.2) is 0 Å². The first-order chi connectivity index (χ1) is 8.08. The summed E-state index contributed by atoms with van der Waals surface area (Å²) in [7, 11) is 0. The highest BCUT2D eigenvalue weighted by Crippen LogP contribution is 2.48. The fraction of sp³-hybridized carbons (Fsp3) is 0.867. The molecule has 0 aromatic heterocycles. The van der Waals surface area contributed by atoms with Crippen molar-refractivity contribution in [2.24, 2.45) is 11.8 Å². The van der Waals surface area contributed by atoms with Crippen LogP contribution in [0.4, 0.5) is 0 Å². The van der Waals surface area contributed by atoms with Crippen LogP contribution in [0.5, 0.6) is 0 Å². The van der Waals surface area contributed by atoms with E-state index in [0.29, 0.717) is 11.1 Å². The molecule has 2 heteroatoms. The predicted octanol–water partition coefficient (Wildman–Crippen LogP) is 2.42. The van der Waals surface area contributed by atoms with E-state index in [1.165, 1.54) is 38.8 Å². The third-order valence-electron chi connectivity index (χ3n) is 5.38. The average molecular weight is 234 g/mol. The van der Waals surface area contributed by atoms with Gasteiger partial charge in [-0.1, -0.05) is 6.08 Å². The SMILES string of the molecule is C=CCN1CC(C)(C2CC2)NCC1(C)C1CC1. The summed E-state index contributed by atoms with van der Waals surface area (Å²) in [5.41, 5.74) is 0.736. The maximum Gasteiger partial charge on any atom is 0.0338 e. The van der Waals surface area contributed by atoms with Crippen LogP contribution in [-0.4, -0.2) is 35.6 Å². The molecule has 2 aliphatic carbocycles. The number of nitrogens with zero attached hydrogens (tertiary/aromatic N) is 1. The Hall–Kier alpha value is -0.340. The quantitative estimate of drug-likeness (QED) is 0.752. The maximum absolute atomic E-state index is 3.95. The van der Waals surface area contributed by atoms with Crippen LogP contribution in [-0.2, 0) is 0 Å². The number of nitrogens with one attached hydrogen (secondary N) is 1. The summed E-state index contributed by atoms with van der Waals surface area (Å²) in [5.74, 6) is 1.83. The summed E-state index contributed by atoms with van der Waals surface area (Å²) in [6.07, 6.45) is 7.77. The van der Waals surface area contributed by atoms with Crippen molar-refractivity contribution in [3.05, 3.63) is 12.7 Å². The summed E-state index contributed by atoms with van der Waals surface area (Å²) < 4.78 is 0. The molecule has 1 heterocycles. The molecule has 1 saturated heterocycles. The Morgan fingerprint density at radius 2 is 1.88 bits per heavy atom. The van der Waals surface area contributed by atoms with E-state index in [1.807, 2.05) is 0 Å². The van der Waals surface area contributed by atoms with E-state index >= 15 is 0 Å². The summed E-state index contributed by atoms with van der Waals surface area (Å²) in [6, 6.07) is 0. The normalized spacial score (nSPS) is 43.6. The highest BCUT2D eigenvalue weighted by Gasteiger charge is 2.53. The van der Waals surface area contributed by atoms with Gasteiger partial charge in [-0.15, -0.1) is 6.58 Å². The van der Waals surface area contributed by atoms with Gasteiger partial charge in [0.1, 0.15) is 0 Å². The summed E-state index contributed by atoms with van der Waals surface area (Å²) in [6.45, 7) is 12.2. The van der Waals surface area contributed by atoms with Crippen LogP contribution in [0.25, 0.3) is 0 Å². The van der Waals surface area contributed by atoms with Crippen LogP contribution in [0.1, 0.15) is 39.5 Å². The molecule has 1 aliphatic heterocycles. The second-order valence-electron chi connectivity index (χ2n) is 6.85. The molecule has 1 N–H and O–H groups in total. The third kappa shape index (κ3) is 1.96. The lowest BCUT2D eigenvalue weighted by Crippen LogP contribution is -2.69. The van der Waals surface area contributed by atoms with Gasteiger partial charge in [0.15, 0.2) is 0 Å². The van der Waals surface area contributed by atoms with E-state index in [0.717, 1.165) is 18.4 Å². The van der Waals surface area contributed by atoms with Crippen molar-refractivity contribution >= 4 is 0 Å². The van der Waals surface area contributed by atoms with Gasteiger partial charge in [0.2, 0.25) is 0 Å². The Kier molecular flexibility index (Phi) is 2.64. The number of hydrogen-bond acceptors (Lipinski definition) is 2. The maximum atomic E-state index is 3.95. The van der Waals surface area contributed by atoms with Crippen molar-refractivity contribution in [3.63, 3.8) is 0 Å². The average Bonchev–Trinajstić information content (AvgIpc) is 3.17. The molecule has 3 fully saturated rings. The number of rotatable bonds is 4. The molecule has 0 bridgehead atoms. The van der Waals surface area contributed by atoms with E-state index in [1.54, 1.807) is 0 Å². The van der Waals surface area contributed by atoms with Gasteiger partial charge in [0, 0.05) is 30.7 Å². The first-order valence-corrected chi connectivity index (χ1v) is 7.19. The van der Waals surface area contributed by atoms with Crippen molar-refractivity contribution < 1.29 is 0 Å². The molecule has 3 rings (SSSR count). The predicted molar refractivity (Wildman–Crippen MR) is 72.0 cm³/mol. The standard InChI is InChI=1S/C15H26N2/c1-4-9-17-11-14(2,12-5-6-12)16-10-15(17,3)13-7-8-13/h4,12-13,16H,1,5-11H2,2-3H3. The summed E-state index contributed by atoms with van der Waals surface area (Å²) in [5, 5.41) is 3.88. The first-order valence-electron chi connectivity index (χ1n) is 7.19. The van der Waals surface area contributed by atoms with Crippen molar-refractivity contribution in [1.29, 1.82) is 0 Å². The van der Waals surface area contributed by atoms with Crippen molar-refractivity contribution in [2.45, 2.75) is 50.6 Å². The zero-order chi connectivity index (χ0) is 12.1. The van der Waals surface area contributed by atoms with Crippen molar-refractivity contribution in [1.82, 2.24) is 10.2 Å². The van der Waals surface area contributed by atoms with Crippen molar-refractivity contribution in [3.8, 4) is 0 Å². The third-order valence-corrected chi connectivity index (χ3v) is 5.38. The second-order valence-corrected chi connectivity index (χ2v) is 6.85. The minimum Gasteiger partial charge on any atom is -0.308 e.